The lowest BCUT2D eigenvalue weighted by Crippen LogP contribution is -2.00. The maximum atomic E-state index is 6.62. The van der Waals surface area contributed by atoms with Crippen LogP contribution in [0.4, 0.5) is 0 Å². The van der Waals surface area contributed by atoms with Crippen LogP contribution in [0, 0.1) is 0 Å². The van der Waals surface area contributed by atoms with Crippen molar-refractivity contribution in [1.29, 1.82) is 0 Å². The molecule has 4 nitrogen and oxygen atoms in total. The van der Waals surface area contributed by atoms with Crippen LogP contribution in [-0.4, -0.2) is 15.0 Å². The van der Waals surface area contributed by atoms with E-state index in [-0.39, 0.29) is 0 Å². The quantitative estimate of drug-likeness (QED) is 0.186. The van der Waals surface area contributed by atoms with Crippen LogP contribution in [0.5, 0.6) is 0 Å². The highest BCUT2D eigenvalue weighted by Crippen LogP contribution is 2.41. The Labute approximate surface area is 294 Å². The van der Waals surface area contributed by atoms with Gasteiger partial charge in [0.2, 0.25) is 0 Å². The average Bonchev–Trinajstić information content (AvgIpc) is 3.59. The van der Waals surface area contributed by atoms with E-state index in [1.54, 1.807) is 0 Å². The second-order valence-corrected chi connectivity index (χ2v) is 12.8. The van der Waals surface area contributed by atoms with Crippen molar-refractivity contribution < 1.29 is 4.42 Å². The van der Waals surface area contributed by atoms with E-state index < -0.39 is 0 Å². The van der Waals surface area contributed by atoms with E-state index in [4.69, 9.17) is 19.4 Å². The van der Waals surface area contributed by atoms with E-state index in [9.17, 15) is 0 Å². The zero-order valence-electron chi connectivity index (χ0n) is 27.5. The summed E-state index contributed by atoms with van der Waals surface area (Å²) in [7, 11) is 0. The number of benzene rings is 8. The molecule has 10 aromatic rings. The van der Waals surface area contributed by atoms with E-state index >= 15 is 0 Å². The number of hydrogen-bond donors (Lipinski definition) is 0. The Hall–Kier alpha value is -6.91. The van der Waals surface area contributed by atoms with Crippen molar-refractivity contribution in [2.45, 2.75) is 0 Å². The molecule has 4 heteroatoms. The van der Waals surface area contributed by atoms with Gasteiger partial charge in [-0.15, -0.1) is 0 Å². The highest BCUT2D eigenvalue weighted by molar-refractivity contribution is 6.19. The monoisotopic (exact) mass is 651 g/mol. The zero-order chi connectivity index (χ0) is 33.7. The van der Waals surface area contributed by atoms with Crippen LogP contribution in [0.2, 0.25) is 0 Å². The predicted octanol–water partition coefficient (Wildman–Crippen LogP) is 12.4. The number of hydrogen-bond acceptors (Lipinski definition) is 4. The van der Waals surface area contributed by atoms with E-state index in [0.717, 1.165) is 60.5 Å². The lowest BCUT2D eigenvalue weighted by molar-refractivity contribution is 0.673. The Bertz CT molecular complexity index is 2900. The predicted molar refractivity (Wildman–Crippen MR) is 209 cm³/mol. The summed E-state index contributed by atoms with van der Waals surface area (Å²) in [5.74, 6) is 1.92. The SMILES string of the molecule is c1ccc(-c2nc(-c3ccc(-c4ccc5c(c4)oc4c6ccccc6c(-c6ccccc6)cc54)cc3)nc(-c3ccc4ccccc4c3)n2)cc1. The third kappa shape index (κ3) is 5.13. The topological polar surface area (TPSA) is 51.8 Å². The van der Waals surface area contributed by atoms with Crippen LogP contribution in [-0.2, 0) is 0 Å². The van der Waals surface area contributed by atoms with E-state index in [0.29, 0.717) is 17.5 Å². The summed E-state index contributed by atoms with van der Waals surface area (Å²) >= 11 is 0. The van der Waals surface area contributed by atoms with Crippen molar-refractivity contribution in [1.82, 2.24) is 15.0 Å². The van der Waals surface area contributed by atoms with Gasteiger partial charge in [-0.05, 0) is 62.7 Å². The molecule has 2 heterocycles. The summed E-state index contributed by atoms with van der Waals surface area (Å²) in [4.78, 5) is 14.9. The normalized spacial score (nSPS) is 11.5. The van der Waals surface area contributed by atoms with Gasteiger partial charge in [0.25, 0.3) is 0 Å². The third-order valence-corrected chi connectivity index (χ3v) is 9.72. The first-order valence-corrected chi connectivity index (χ1v) is 17.1. The molecule has 0 fully saturated rings. The average molecular weight is 652 g/mol. The van der Waals surface area contributed by atoms with Crippen molar-refractivity contribution in [2.75, 3.05) is 0 Å². The van der Waals surface area contributed by atoms with Crippen LogP contribution in [0.15, 0.2) is 180 Å². The maximum absolute atomic E-state index is 6.62. The standard InChI is InChI=1S/C47H29N3O/c1-3-12-32(13-4-1)41-29-42-39-26-25-36(28-43(39)51-44(42)40-18-10-9-17-38(40)41)31-19-22-34(23-20-31)46-48-45(33-14-5-2-6-15-33)49-47(50-46)37-24-21-30-11-7-8-16-35(30)27-37/h1-29H. The number of aromatic nitrogens is 3. The fraction of sp³-hybridized carbons (Fsp3) is 0. The van der Waals surface area contributed by atoms with E-state index in [2.05, 4.69) is 146 Å². The van der Waals surface area contributed by atoms with Gasteiger partial charge in [0, 0.05) is 32.8 Å². The Balaban J connectivity index is 1.05. The molecule has 0 atom stereocenters. The van der Waals surface area contributed by atoms with Gasteiger partial charge >= 0.3 is 0 Å². The van der Waals surface area contributed by atoms with Crippen LogP contribution in [0.3, 0.4) is 0 Å². The molecule has 51 heavy (non-hydrogen) atoms. The summed E-state index contributed by atoms with van der Waals surface area (Å²) in [6.45, 7) is 0. The molecule has 0 aliphatic heterocycles. The molecule has 0 unspecified atom stereocenters. The number of rotatable bonds is 5. The Morgan fingerprint density at radius 2 is 0.863 bits per heavy atom. The molecule has 0 bridgehead atoms. The Kier molecular flexibility index (Phi) is 6.78. The molecule has 0 saturated heterocycles. The Morgan fingerprint density at radius 3 is 1.61 bits per heavy atom. The van der Waals surface area contributed by atoms with Gasteiger partial charge < -0.3 is 4.42 Å². The van der Waals surface area contributed by atoms with Crippen LogP contribution < -0.4 is 0 Å². The molecular formula is C47H29N3O. The third-order valence-electron chi connectivity index (χ3n) is 9.72. The molecule has 0 radical (unpaired) electrons. The van der Waals surface area contributed by atoms with Gasteiger partial charge in [-0.2, -0.15) is 0 Å². The molecule has 0 spiro atoms. The van der Waals surface area contributed by atoms with Crippen molar-refractivity contribution in [3.05, 3.63) is 176 Å². The number of nitrogens with zero attached hydrogens (tertiary/aromatic N) is 3. The lowest BCUT2D eigenvalue weighted by Gasteiger charge is -2.10. The number of fused-ring (bicyclic) bond motifs is 6. The van der Waals surface area contributed by atoms with Crippen molar-refractivity contribution in [2.24, 2.45) is 0 Å². The van der Waals surface area contributed by atoms with E-state index in [1.807, 2.05) is 30.3 Å². The van der Waals surface area contributed by atoms with Gasteiger partial charge in [-0.3, -0.25) is 0 Å². The second-order valence-electron chi connectivity index (χ2n) is 12.8. The van der Waals surface area contributed by atoms with Gasteiger partial charge in [-0.1, -0.05) is 152 Å². The molecule has 0 saturated carbocycles. The first-order valence-electron chi connectivity index (χ1n) is 17.1. The Morgan fingerprint density at radius 1 is 0.314 bits per heavy atom. The smallest absolute Gasteiger partial charge is 0.164 e. The molecule has 0 amide bonds. The number of furan rings is 1. The summed E-state index contributed by atoms with van der Waals surface area (Å²) in [5.41, 5.74) is 9.17. The summed E-state index contributed by atoms with van der Waals surface area (Å²) in [6, 6.07) is 61.1. The minimum absolute atomic E-state index is 0.632. The largest absolute Gasteiger partial charge is 0.455 e. The van der Waals surface area contributed by atoms with E-state index in [1.165, 1.54) is 21.9 Å². The van der Waals surface area contributed by atoms with Gasteiger partial charge in [0.05, 0.1) is 0 Å². The minimum atomic E-state index is 0.632. The highest BCUT2D eigenvalue weighted by atomic mass is 16.3. The van der Waals surface area contributed by atoms with Crippen LogP contribution >= 0.6 is 0 Å². The fourth-order valence-corrected chi connectivity index (χ4v) is 7.12. The minimum Gasteiger partial charge on any atom is -0.455 e. The molecule has 10 rings (SSSR count). The zero-order valence-corrected chi connectivity index (χ0v) is 27.5. The van der Waals surface area contributed by atoms with Gasteiger partial charge in [0.1, 0.15) is 11.2 Å². The molecule has 2 aromatic heterocycles. The van der Waals surface area contributed by atoms with Crippen molar-refractivity contribution in [3.63, 3.8) is 0 Å². The molecule has 0 aliphatic carbocycles. The molecule has 8 aromatic carbocycles. The van der Waals surface area contributed by atoms with Crippen molar-refractivity contribution >= 4 is 43.5 Å². The second kappa shape index (κ2) is 11.9. The first-order chi connectivity index (χ1) is 25.2. The van der Waals surface area contributed by atoms with Gasteiger partial charge in [0.15, 0.2) is 17.5 Å². The summed E-state index contributed by atoms with van der Waals surface area (Å²) in [6.07, 6.45) is 0. The maximum Gasteiger partial charge on any atom is 0.164 e. The van der Waals surface area contributed by atoms with Crippen LogP contribution in [0.25, 0.3) is 99.9 Å². The molecule has 0 N–H and O–H groups in total. The van der Waals surface area contributed by atoms with Crippen LogP contribution in [0.1, 0.15) is 0 Å². The molecule has 0 aliphatic rings. The van der Waals surface area contributed by atoms with Crippen molar-refractivity contribution in [3.8, 4) is 56.4 Å². The summed E-state index contributed by atoms with van der Waals surface area (Å²) < 4.78 is 6.62. The lowest BCUT2D eigenvalue weighted by atomic mass is 9.95. The molecular weight excluding hydrogens is 623 g/mol. The summed E-state index contributed by atoms with van der Waals surface area (Å²) in [5, 5.41) is 6.85. The molecule has 238 valence electrons. The first kappa shape index (κ1) is 29.0. The van der Waals surface area contributed by atoms with Gasteiger partial charge in [-0.25, -0.2) is 15.0 Å². The highest BCUT2D eigenvalue weighted by Gasteiger charge is 2.16. The fourth-order valence-electron chi connectivity index (χ4n) is 7.12.